The van der Waals surface area contributed by atoms with Gasteiger partial charge in [0, 0.05) is 11.4 Å². The lowest BCUT2D eigenvalue weighted by atomic mass is 10.1. The highest BCUT2D eigenvalue weighted by atomic mass is 32.2. The molecule has 1 N–H and O–H groups in total. The van der Waals surface area contributed by atoms with Gasteiger partial charge >= 0.3 is 5.97 Å². The van der Waals surface area contributed by atoms with Gasteiger partial charge in [-0.2, -0.15) is 0 Å². The number of rotatable bonds is 6. The third-order valence-electron chi connectivity index (χ3n) is 4.14. The molecule has 0 atom stereocenters. The molecule has 0 spiro atoms. The molecule has 2 aromatic rings. The first-order valence-corrected chi connectivity index (χ1v) is 10.3. The van der Waals surface area contributed by atoms with E-state index >= 15 is 0 Å². The third kappa shape index (κ3) is 5.40. The first-order chi connectivity index (χ1) is 12.2. The van der Waals surface area contributed by atoms with Gasteiger partial charge < -0.3 is 10.1 Å². The normalized spacial score (nSPS) is 15.7. The first kappa shape index (κ1) is 18.1. The topological polar surface area (TPSA) is 81.2 Å². The molecule has 0 radical (unpaired) electrons. The molecule has 6 nitrogen and oxygen atoms in total. The van der Waals surface area contributed by atoms with Crippen molar-refractivity contribution in [3.05, 3.63) is 17.8 Å². The van der Waals surface area contributed by atoms with Gasteiger partial charge in [-0.25, -0.2) is 9.97 Å². The fraction of sp³-hybridized carbons (Fsp3) is 0.529. The summed E-state index contributed by atoms with van der Waals surface area (Å²) in [4.78, 5) is 33.1. The van der Waals surface area contributed by atoms with E-state index in [-0.39, 0.29) is 24.3 Å². The number of nitrogens with zero attached hydrogens (tertiary/aromatic N) is 2. The molecule has 25 heavy (non-hydrogen) atoms. The predicted octanol–water partition coefficient (Wildman–Crippen LogP) is 3.17. The molecular weight excluding hydrogens is 358 g/mol. The summed E-state index contributed by atoms with van der Waals surface area (Å²) in [6, 6.07) is 2.16. The number of hydrogen-bond donors (Lipinski definition) is 1. The van der Waals surface area contributed by atoms with Crippen molar-refractivity contribution < 1.29 is 14.3 Å². The maximum absolute atomic E-state index is 11.9. The van der Waals surface area contributed by atoms with Crippen LogP contribution in [0.3, 0.4) is 0 Å². The summed E-state index contributed by atoms with van der Waals surface area (Å²) in [6.07, 6.45) is 8.29. The number of carbonyl (C=O) groups excluding carboxylic acids is 2. The van der Waals surface area contributed by atoms with E-state index in [1.54, 1.807) is 0 Å². The minimum absolute atomic E-state index is 0.124. The zero-order valence-corrected chi connectivity index (χ0v) is 15.5. The molecule has 0 aliphatic heterocycles. The molecule has 1 amide bonds. The summed E-state index contributed by atoms with van der Waals surface area (Å²) >= 11 is 2.84. The molecule has 2 heterocycles. The van der Waals surface area contributed by atoms with E-state index in [0.29, 0.717) is 0 Å². The van der Waals surface area contributed by atoms with Crippen molar-refractivity contribution >= 4 is 45.2 Å². The maximum Gasteiger partial charge on any atom is 0.316 e. The number of aromatic nitrogens is 2. The second-order valence-corrected chi connectivity index (χ2v) is 7.88. The second-order valence-electron chi connectivity index (χ2n) is 6.02. The van der Waals surface area contributed by atoms with E-state index in [1.807, 2.05) is 11.4 Å². The maximum atomic E-state index is 11.9. The molecule has 134 valence electrons. The average Bonchev–Trinajstić information content (AvgIpc) is 2.96. The number of thioether (sulfide) groups is 1. The van der Waals surface area contributed by atoms with Crippen LogP contribution in [0, 0.1) is 0 Å². The van der Waals surface area contributed by atoms with Crippen LogP contribution in [0.4, 0.5) is 0 Å². The predicted molar refractivity (Wildman–Crippen MR) is 98.7 cm³/mol. The lowest BCUT2D eigenvalue weighted by Gasteiger charge is -2.16. The van der Waals surface area contributed by atoms with Gasteiger partial charge in [0.05, 0.1) is 5.75 Å². The van der Waals surface area contributed by atoms with Crippen molar-refractivity contribution in [3.63, 3.8) is 0 Å². The molecule has 1 aliphatic carbocycles. The minimum atomic E-state index is -0.414. The van der Waals surface area contributed by atoms with Crippen molar-refractivity contribution in [2.24, 2.45) is 0 Å². The number of esters is 1. The smallest absolute Gasteiger partial charge is 0.316 e. The van der Waals surface area contributed by atoms with Gasteiger partial charge in [0.2, 0.25) is 0 Å². The van der Waals surface area contributed by atoms with Crippen LogP contribution in [0.25, 0.3) is 10.2 Å². The number of nitrogens with one attached hydrogen (secondary N) is 1. The van der Waals surface area contributed by atoms with Gasteiger partial charge in [0.15, 0.2) is 6.61 Å². The van der Waals surface area contributed by atoms with E-state index < -0.39 is 5.97 Å². The fourth-order valence-corrected chi connectivity index (χ4v) is 4.47. The molecule has 3 rings (SSSR count). The van der Waals surface area contributed by atoms with Crippen LogP contribution in [0.2, 0.25) is 0 Å². The number of thiophene rings is 1. The largest absolute Gasteiger partial charge is 0.455 e. The number of amides is 1. The lowest BCUT2D eigenvalue weighted by molar-refractivity contribution is -0.146. The highest BCUT2D eigenvalue weighted by Gasteiger charge is 2.16. The summed E-state index contributed by atoms with van der Waals surface area (Å²) in [6.45, 7) is -0.215. The molecule has 1 fully saturated rings. The second kappa shape index (κ2) is 9.15. The van der Waals surface area contributed by atoms with Crippen LogP contribution in [-0.4, -0.2) is 40.2 Å². The van der Waals surface area contributed by atoms with Crippen molar-refractivity contribution in [3.8, 4) is 0 Å². The molecule has 1 saturated carbocycles. The van der Waals surface area contributed by atoms with Crippen LogP contribution in [0.1, 0.15) is 38.5 Å². The zero-order valence-electron chi connectivity index (χ0n) is 13.9. The summed E-state index contributed by atoms with van der Waals surface area (Å²) < 4.78 is 5.08. The van der Waals surface area contributed by atoms with Gasteiger partial charge in [0.25, 0.3) is 5.91 Å². The number of ether oxygens (including phenoxy) is 1. The zero-order chi connectivity index (χ0) is 17.5. The quantitative estimate of drug-likeness (QED) is 0.359. The summed E-state index contributed by atoms with van der Waals surface area (Å²) in [5, 5.41) is 6.61. The highest BCUT2D eigenvalue weighted by molar-refractivity contribution is 8.00. The van der Waals surface area contributed by atoms with Gasteiger partial charge in [-0.1, -0.05) is 37.4 Å². The Balaban J connectivity index is 1.40. The van der Waals surface area contributed by atoms with Crippen LogP contribution in [0.15, 0.2) is 22.8 Å². The van der Waals surface area contributed by atoms with Crippen molar-refractivity contribution in [1.29, 1.82) is 0 Å². The molecule has 2 aromatic heterocycles. The lowest BCUT2D eigenvalue weighted by Crippen LogP contribution is -2.37. The van der Waals surface area contributed by atoms with Gasteiger partial charge in [-0.05, 0) is 24.3 Å². The monoisotopic (exact) mass is 379 g/mol. The Morgan fingerprint density at radius 3 is 2.84 bits per heavy atom. The molecule has 1 aliphatic rings. The van der Waals surface area contributed by atoms with E-state index in [0.717, 1.165) is 40.9 Å². The average molecular weight is 380 g/mol. The van der Waals surface area contributed by atoms with Crippen molar-refractivity contribution in [2.45, 2.75) is 49.6 Å². The van der Waals surface area contributed by atoms with Crippen LogP contribution in [-0.2, 0) is 14.3 Å². The Kier molecular flexibility index (Phi) is 6.63. The molecule has 0 unspecified atom stereocenters. The Morgan fingerprint density at radius 2 is 2.04 bits per heavy atom. The summed E-state index contributed by atoms with van der Waals surface area (Å²) in [5.74, 6) is -0.505. The molecule has 0 bridgehead atoms. The standard InChI is InChI=1S/C17H21N3O3S2/c21-14(20-12-5-3-1-2-4-6-12)9-23-15(22)10-25-17-13-7-8-24-16(13)18-11-19-17/h7-8,11-12H,1-6,9-10H2,(H,20,21). The van der Waals surface area contributed by atoms with E-state index in [2.05, 4.69) is 15.3 Å². The van der Waals surface area contributed by atoms with Crippen molar-refractivity contribution in [2.75, 3.05) is 12.4 Å². The highest BCUT2D eigenvalue weighted by Crippen LogP contribution is 2.27. The molecule has 0 saturated heterocycles. The summed E-state index contributed by atoms with van der Waals surface area (Å²) in [7, 11) is 0. The van der Waals surface area contributed by atoms with E-state index in [4.69, 9.17) is 4.74 Å². The molecule has 8 heteroatoms. The van der Waals surface area contributed by atoms with Crippen LogP contribution >= 0.6 is 23.1 Å². The van der Waals surface area contributed by atoms with E-state index in [9.17, 15) is 9.59 Å². The SMILES string of the molecule is O=C(COC(=O)CSc1ncnc2sccc12)NC1CCCCCC1. The van der Waals surface area contributed by atoms with Crippen molar-refractivity contribution in [1.82, 2.24) is 15.3 Å². The Morgan fingerprint density at radius 1 is 1.24 bits per heavy atom. The Hall–Kier alpha value is -1.67. The number of fused-ring (bicyclic) bond motifs is 1. The first-order valence-electron chi connectivity index (χ1n) is 8.48. The fourth-order valence-electron chi connectivity index (χ4n) is 2.89. The van der Waals surface area contributed by atoms with Crippen LogP contribution in [0.5, 0.6) is 0 Å². The van der Waals surface area contributed by atoms with E-state index in [1.165, 1.54) is 42.3 Å². The Labute approximate surface area is 154 Å². The minimum Gasteiger partial charge on any atom is -0.455 e. The number of carbonyl (C=O) groups is 2. The number of hydrogen-bond acceptors (Lipinski definition) is 7. The van der Waals surface area contributed by atoms with Gasteiger partial charge in [0.1, 0.15) is 16.2 Å². The summed E-state index contributed by atoms with van der Waals surface area (Å²) in [5.41, 5.74) is 0. The molecular formula is C17H21N3O3S2. The third-order valence-corrected chi connectivity index (χ3v) is 5.94. The Bertz CT molecular complexity index is 727. The van der Waals surface area contributed by atoms with Gasteiger partial charge in [-0.15, -0.1) is 11.3 Å². The van der Waals surface area contributed by atoms with Gasteiger partial charge in [-0.3, -0.25) is 9.59 Å². The molecule has 0 aromatic carbocycles. The van der Waals surface area contributed by atoms with Crippen LogP contribution < -0.4 is 5.32 Å².